The largest absolute Gasteiger partial charge is 0.396 e. The Labute approximate surface area is 185 Å². The van der Waals surface area contributed by atoms with Gasteiger partial charge in [-0.05, 0) is 42.9 Å². The van der Waals surface area contributed by atoms with E-state index in [2.05, 4.69) is 10.3 Å². The predicted molar refractivity (Wildman–Crippen MR) is 114 cm³/mol. The van der Waals surface area contributed by atoms with Crippen LogP contribution in [0.1, 0.15) is 24.8 Å². The highest BCUT2D eigenvalue weighted by Gasteiger charge is 2.51. The lowest BCUT2D eigenvalue weighted by Gasteiger charge is -2.40. The third kappa shape index (κ3) is 3.72. The number of urea groups is 1. The highest BCUT2D eigenvalue weighted by atomic mass is 35.5. The number of fused-ring (bicyclic) bond motifs is 1. The van der Waals surface area contributed by atoms with Gasteiger partial charge in [0.2, 0.25) is 0 Å². The van der Waals surface area contributed by atoms with Crippen LogP contribution in [0.5, 0.6) is 0 Å². The SMILES string of the molecule is CN1C(=O)N(Cc2ccc(Cl)c(Cl)c2)C(=O)C2C1N=C(NC1CC[C@@H](CO)C1)N2C. The number of carbonyl (C=O) groups is 2. The smallest absolute Gasteiger partial charge is 0.328 e. The lowest BCUT2D eigenvalue weighted by atomic mass is 10.1. The summed E-state index contributed by atoms with van der Waals surface area (Å²) in [5, 5.41) is 13.6. The summed E-state index contributed by atoms with van der Waals surface area (Å²) >= 11 is 12.1. The van der Waals surface area contributed by atoms with Gasteiger partial charge in [0, 0.05) is 26.7 Å². The average molecular weight is 454 g/mol. The molecule has 4 rings (SSSR count). The van der Waals surface area contributed by atoms with Crippen LogP contribution in [0.4, 0.5) is 4.79 Å². The number of likely N-dealkylation sites (N-methyl/N-ethyl adjacent to an activating group) is 2. The van der Waals surface area contributed by atoms with Gasteiger partial charge in [-0.2, -0.15) is 0 Å². The molecule has 2 aliphatic heterocycles. The maximum absolute atomic E-state index is 13.3. The van der Waals surface area contributed by atoms with Crippen LogP contribution < -0.4 is 5.32 Å². The molecule has 3 unspecified atom stereocenters. The van der Waals surface area contributed by atoms with Crippen LogP contribution in [-0.4, -0.2) is 76.7 Å². The number of hydrogen-bond acceptors (Lipinski definition) is 6. The van der Waals surface area contributed by atoms with E-state index >= 15 is 0 Å². The van der Waals surface area contributed by atoms with Crippen molar-refractivity contribution in [3.05, 3.63) is 33.8 Å². The van der Waals surface area contributed by atoms with Crippen LogP contribution in [-0.2, 0) is 11.3 Å². The number of nitrogens with one attached hydrogen (secondary N) is 1. The first-order valence-corrected chi connectivity index (χ1v) is 10.8. The molecular weight excluding hydrogens is 429 g/mol. The standard InChI is InChI=1S/C20H25Cl2N5O3/c1-25-16-17(24-19(25)23-13-5-3-12(7-13)10-28)26(2)20(30)27(18(16)29)9-11-4-6-14(21)15(22)8-11/h4,6,8,12-13,16-17,28H,3,5,7,9-10H2,1-2H3,(H,23,24)/t12-,13?,16?,17?/m1/s1. The maximum atomic E-state index is 13.3. The molecule has 4 atom stereocenters. The summed E-state index contributed by atoms with van der Waals surface area (Å²) in [4.78, 5) is 35.3. The predicted octanol–water partition coefficient (Wildman–Crippen LogP) is 2.13. The molecule has 1 aliphatic carbocycles. The van der Waals surface area contributed by atoms with E-state index in [4.69, 9.17) is 23.2 Å². The van der Waals surface area contributed by atoms with Gasteiger partial charge in [0.25, 0.3) is 5.91 Å². The molecule has 8 nitrogen and oxygen atoms in total. The maximum Gasteiger partial charge on any atom is 0.328 e. The Morgan fingerprint density at radius 2 is 1.93 bits per heavy atom. The van der Waals surface area contributed by atoms with Crippen molar-refractivity contribution in [1.82, 2.24) is 20.0 Å². The Hall–Kier alpha value is -2.03. The van der Waals surface area contributed by atoms with Crippen LogP contribution in [0, 0.1) is 5.92 Å². The van der Waals surface area contributed by atoms with Crippen molar-refractivity contribution in [2.45, 2.75) is 44.1 Å². The van der Waals surface area contributed by atoms with E-state index in [0.717, 1.165) is 24.8 Å². The second-order valence-corrected chi connectivity index (χ2v) is 9.01. The fourth-order valence-corrected chi connectivity index (χ4v) is 4.75. The summed E-state index contributed by atoms with van der Waals surface area (Å²) in [6.45, 7) is 0.296. The number of aliphatic hydroxyl groups excluding tert-OH is 1. The Kier molecular flexibility index (Phi) is 5.83. The van der Waals surface area contributed by atoms with Gasteiger partial charge in [-0.1, -0.05) is 29.3 Å². The van der Waals surface area contributed by atoms with Crippen LogP contribution >= 0.6 is 23.2 Å². The van der Waals surface area contributed by atoms with Gasteiger partial charge in [-0.25, -0.2) is 9.79 Å². The third-order valence-electron chi connectivity index (χ3n) is 6.19. The van der Waals surface area contributed by atoms with Crippen molar-refractivity contribution >= 4 is 41.1 Å². The number of rotatable bonds is 4. The lowest BCUT2D eigenvalue weighted by molar-refractivity contribution is -0.137. The molecule has 2 N–H and O–H groups in total. The molecule has 30 heavy (non-hydrogen) atoms. The molecule has 3 amide bonds. The molecule has 1 aromatic rings. The average Bonchev–Trinajstić information content (AvgIpc) is 3.31. The number of amides is 3. The first-order chi connectivity index (χ1) is 14.3. The molecule has 2 heterocycles. The van der Waals surface area contributed by atoms with Gasteiger partial charge >= 0.3 is 6.03 Å². The molecular formula is C20H25Cl2N5O3. The van der Waals surface area contributed by atoms with E-state index in [0.29, 0.717) is 21.9 Å². The molecule has 1 saturated heterocycles. The molecule has 1 aromatic carbocycles. The normalized spacial score (nSPS) is 28.8. The Morgan fingerprint density at radius 1 is 1.17 bits per heavy atom. The number of carbonyl (C=O) groups excluding carboxylic acids is 2. The van der Waals surface area contributed by atoms with Crippen LogP contribution in [0.2, 0.25) is 10.0 Å². The fourth-order valence-electron chi connectivity index (χ4n) is 4.43. The number of nitrogens with zero attached hydrogens (tertiary/aromatic N) is 4. The fraction of sp³-hybridized carbons (Fsp3) is 0.550. The third-order valence-corrected chi connectivity index (χ3v) is 6.93. The molecule has 3 aliphatic rings. The number of benzene rings is 1. The van der Waals surface area contributed by atoms with Crippen molar-refractivity contribution in [3.63, 3.8) is 0 Å². The van der Waals surface area contributed by atoms with Crippen molar-refractivity contribution in [2.75, 3.05) is 20.7 Å². The van der Waals surface area contributed by atoms with Gasteiger partial charge in [0.1, 0.15) is 0 Å². The molecule has 0 spiro atoms. The topological polar surface area (TPSA) is 88.5 Å². The molecule has 0 aromatic heterocycles. The minimum absolute atomic E-state index is 0.111. The molecule has 162 valence electrons. The van der Waals surface area contributed by atoms with E-state index < -0.39 is 18.2 Å². The van der Waals surface area contributed by atoms with E-state index in [1.54, 1.807) is 25.2 Å². The summed E-state index contributed by atoms with van der Waals surface area (Å²) in [6, 6.07) is 4.28. The molecule has 1 saturated carbocycles. The van der Waals surface area contributed by atoms with Gasteiger partial charge in [0.15, 0.2) is 18.2 Å². The van der Waals surface area contributed by atoms with Crippen molar-refractivity contribution in [3.8, 4) is 0 Å². The summed E-state index contributed by atoms with van der Waals surface area (Å²) in [7, 11) is 3.47. The zero-order valence-corrected chi connectivity index (χ0v) is 18.4. The van der Waals surface area contributed by atoms with Gasteiger partial charge in [-0.3, -0.25) is 9.69 Å². The van der Waals surface area contributed by atoms with Gasteiger partial charge < -0.3 is 20.2 Å². The number of hydrogen-bond donors (Lipinski definition) is 2. The quantitative estimate of drug-likeness (QED) is 0.728. The van der Waals surface area contributed by atoms with E-state index in [1.165, 1.54) is 9.80 Å². The molecule has 2 fully saturated rings. The number of aliphatic imine (C=N–C) groups is 1. The first-order valence-electron chi connectivity index (χ1n) is 10.00. The summed E-state index contributed by atoms with van der Waals surface area (Å²) in [6.07, 6.45) is 2.20. The number of halogens is 2. The molecule has 0 bridgehead atoms. The minimum atomic E-state index is -0.590. The van der Waals surface area contributed by atoms with Crippen molar-refractivity contribution in [1.29, 1.82) is 0 Å². The van der Waals surface area contributed by atoms with E-state index in [-0.39, 0.29) is 25.1 Å². The second kappa shape index (κ2) is 8.24. The highest BCUT2D eigenvalue weighted by Crippen LogP contribution is 2.30. The van der Waals surface area contributed by atoms with Gasteiger partial charge in [-0.15, -0.1) is 0 Å². The van der Waals surface area contributed by atoms with Crippen LogP contribution in [0.25, 0.3) is 0 Å². The van der Waals surface area contributed by atoms with Crippen molar-refractivity contribution in [2.24, 2.45) is 10.9 Å². The number of guanidine groups is 1. The van der Waals surface area contributed by atoms with E-state index in [1.807, 2.05) is 11.9 Å². The summed E-state index contributed by atoms with van der Waals surface area (Å²) in [5.74, 6) is 0.611. The lowest BCUT2D eigenvalue weighted by Crippen LogP contribution is -2.64. The second-order valence-electron chi connectivity index (χ2n) is 8.19. The summed E-state index contributed by atoms with van der Waals surface area (Å²) < 4.78 is 0. The van der Waals surface area contributed by atoms with Crippen LogP contribution in [0.3, 0.4) is 0 Å². The number of imide groups is 1. The molecule has 0 radical (unpaired) electrons. The molecule has 10 heteroatoms. The van der Waals surface area contributed by atoms with Crippen LogP contribution in [0.15, 0.2) is 23.2 Å². The van der Waals surface area contributed by atoms with Gasteiger partial charge in [0.05, 0.1) is 16.6 Å². The van der Waals surface area contributed by atoms with E-state index in [9.17, 15) is 14.7 Å². The Bertz CT molecular complexity index is 895. The highest BCUT2D eigenvalue weighted by molar-refractivity contribution is 6.42. The monoisotopic (exact) mass is 453 g/mol. The zero-order valence-electron chi connectivity index (χ0n) is 16.9. The summed E-state index contributed by atoms with van der Waals surface area (Å²) in [5.41, 5.74) is 0.721. The van der Waals surface area contributed by atoms with Crippen molar-refractivity contribution < 1.29 is 14.7 Å². The minimum Gasteiger partial charge on any atom is -0.396 e. The Balaban J connectivity index is 1.51. The Morgan fingerprint density at radius 3 is 2.60 bits per heavy atom. The first kappa shape index (κ1) is 21.2. The number of aliphatic hydroxyl groups is 1. The zero-order chi connectivity index (χ0) is 21.6.